The molecular weight excluding hydrogens is 284 g/mol. The highest BCUT2D eigenvalue weighted by molar-refractivity contribution is 5.79. The van der Waals surface area contributed by atoms with Gasteiger partial charge in [0.1, 0.15) is 5.78 Å². The van der Waals surface area contributed by atoms with E-state index in [0.29, 0.717) is 23.5 Å². The smallest absolute Gasteiger partial charge is 0.133 e. The van der Waals surface area contributed by atoms with Crippen molar-refractivity contribution >= 4 is 5.78 Å². The summed E-state index contributed by atoms with van der Waals surface area (Å²) in [6.07, 6.45) is 10.4. The van der Waals surface area contributed by atoms with E-state index >= 15 is 0 Å². The molecule has 3 fully saturated rings. The van der Waals surface area contributed by atoms with Gasteiger partial charge in [-0.05, 0) is 86.9 Å². The number of allylic oxidation sites excluding steroid dienone is 1. The molecule has 0 bridgehead atoms. The fraction of sp³-hybridized carbons (Fsp3) is 0.857. The average Bonchev–Trinajstić information content (AvgIpc) is 2.83. The van der Waals surface area contributed by atoms with Crippen LogP contribution in [0.25, 0.3) is 0 Å². The molecule has 3 saturated carbocycles. The Morgan fingerprint density at radius 3 is 2.78 bits per heavy atom. The van der Waals surface area contributed by atoms with Gasteiger partial charge in [-0.25, -0.2) is 0 Å². The molecule has 4 aliphatic rings. The average molecular weight is 316 g/mol. The van der Waals surface area contributed by atoms with E-state index in [0.717, 1.165) is 37.0 Å². The quantitative estimate of drug-likeness (QED) is 0.729. The van der Waals surface area contributed by atoms with Crippen LogP contribution in [0.2, 0.25) is 0 Å². The molecule has 2 heteroatoms. The maximum Gasteiger partial charge on any atom is 0.133 e. The summed E-state index contributed by atoms with van der Waals surface area (Å²) in [5, 5.41) is 10.1. The predicted octanol–water partition coefficient (Wildman–Crippen LogP) is 4.37. The Kier molecular flexibility index (Phi) is 3.75. The second-order valence-corrected chi connectivity index (χ2v) is 9.33. The second kappa shape index (κ2) is 5.44. The number of rotatable bonds is 1. The Labute approximate surface area is 140 Å². The highest BCUT2D eigenvalue weighted by atomic mass is 16.3. The van der Waals surface area contributed by atoms with E-state index in [2.05, 4.69) is 19.9 Å². The molecule has 0 aliphatic heterocycles. The molecule has 0 radical (unpaired) electrons. The molecule has 128 valence electrons. The van der Waals surface area contributed by atoms with Gasteiger partial charge in [0.05, 0.1) is 6.10 Å². The fourth-order valence-corrected chi connectivity index (χ4v) is 7.41. The van der Waals surface area contributed by atoms with E-state index in [4.69, 9.17) is 0 Å². The third-order valence-corrected chi connectivity index (χ3v) is 8.25. The lowest BCUT2D eigenvalue weighted by molar-refractivity contribution is -0.126. The molecule has 0 aromatic rings. The number of Topliss-reactive ketones (excluding diaryl/α,β-unsaturated/α-hetero) is 1. The summed E-state index contributed by atoms with van der Waals surface area (Å²) >= 11 is 0. The molecule has 1 N–H and O–H groups in total. The van der Waals surface area contributed by atoms with Crippen LogP contribution in [0.15, 0.2) is 11.6 Å². The molecule has 1 unspecified atom stereocenters. The molecule has 4 rings (SSSR count). The number of carbonyl (C=O) groups excluding carboxylic acids is 1. The molecule has 8 atom stereocenters. The van der Waals surface area contributed by atoms with Gasteiger partial charge in [0.2, 0.25) is 0 Å². The Bertz CT molecular complexity index is 536. The van der Waals surface area contributed by atoms with Gasteiger partial charge in [0, 0.05) is 5.92 Å². The van der Waals surface area contributed by atoms with Crippen LogP contribution >= 0.6 is 0 Å². The van der Waals surface area contributed by atoms with Gasteiger partial charge in [-0.1, -0.05) is 25.5 Å². The summed E-state index contributed by atoms with van der Waals surface area (Å²) in [4.78, 5) is 12.1. The summed E-state index contributed by atoms with van der Waals surface area (Å²) in [5.41, 5.74) is 1.82. The van der Waals surface area contributed by atoms with Crippen molar-refractivity contribution in [2.45, 2.75) is 71.8 Å². The Balaban J connectivity index is 1.64. The van der Waals surface area contributed by atoms with Crippen LogP contribution in [-0.4, -0.2) is 17.0 Å². The van der Waals surface area contributed by atoms with Gasteiger partial charge in [0.25, 0.3) is 0 Å². The lowest BCUT2D eigenvalue weighted by Crippen LogP contribution is -2.48. The number of hydrogen-bond acceptors (Lipinski definition) is 2. The third-order valence-electron chi connectivity index (χ3n) is 8.25. The number of hydrogen-bond donors (Lipinski definition) is 1. The molecule has 0 heterocycles. The fourth-order valence-electron chi connectivity index (χ4n) is 7.41. The Hall–Kier alpha value is -0.630. The first-order chi connectivity index (χ1) is 10.9. The normalized spacial score (nSPS) is 52.2. The summed E-state index contributed by atoms with van der Waals surface area (Å²) in [6.45, 7) is 6.58. The van der Waals surface area contributed by atoms with E-state index < -0.39 is 0 Å². The van der Waals surface area contributed by atoms with E-state index in [9.17, 15) is 9.90 Å². The molecule has 0 aromatic heterocycles. The molecule has 4 aliphatic carbocycles. The zero-order chi connectivity index (χ0) is 16.4. The Morgan fingerprint density at radius 2 is 2.04 bits per heavy atom. The molecule has 0 saturated heterocycles. The maximum atomic E-state index is 12.1. The van der Waals surface area contributed by atoms with E-state index in [1.165, 1.54) is 25.7 Å². The van der Waals surface area contributed by atoms with Crippen molar-refractivity contribution in [2.75, 3.05) is 0 Å². The monoisotopic (exact) mass is 316 g/mol. The van der Waals surface area contributed by atoms with Gasteiger partial charge in [-0.3, -0.25) is 4.79 Å². The number of ketones is 1. The minimum Gasteiger partial charge on any atom is -0.393 e. The molecule has 0 spiro atoms. The van der Waals surface area contributed by atoms with E-state index in [1.807, 2.05) is 6.92 Å². The van der Waals surface area contributed by atoms with Crippen molar-refractivity contribution in [1.82, 2.24) is 0 Å². The third kappa shape index (κ3) is 2.27. The lowest BCUT2D eigenvalue weighted by Gasteiger charge is -2.54. The van der Waals surface area contributed by atoms with Crippen molar-refractivity contribution in [3.05, 3.63) is 11.6 Å². The SMILES string of the molecule is CC(=O)[C@H]1CC[C@H]2[C@@H]3CC=C4C[C@@H](O)C[C@@H](C)C4[C@H]3CC[C@]12C. The lowest BCUT2D eigenvalue weighted by atomic mass is 9.50. The number of aliphatic hydroxyl groups excluding tert-OH is 1. The van der Waals surface area contributed by atoms with Gasteiger partial charge < -0.3 is 5.11 Å². The second-order valence-electron chi connectivity index (χ2n) is 9.33. The zero-order valence-electron chi connectivity index (χ0n) is 14.9. The first-order valence-electron chi connectivity index (χ1n) is 9.79. The first-order valence-corrected chi connectivity index (χ1v) is 9.79. The van der Waals surface area contributed by atoms with Crippen molar-refractivity contribution in [2.24, 2.45) is 40.9 Å². The van der Waals surface area contributed by atoms with Crippen LogP contribution < -0.4 is 0 Å². The molecule has 23 heavy (non-hydrogen) atoms. The summed E-state index contributed by atoms with van der Waals surface area (Å²) < 4.78 is 0. The van der Waals surface area contributed by atoms with Crippen LogP contribution in [0.1, 0.15) is 65.7 Å². The number of carbonyl (C=O) groups is 1. The highest BCUT2D eigenvalue weighted by Crippen LogP contribution is 2.63. The predicted molar refractivity (Wildman–Crippen MR) is 91.8 cm³/mol. The van der Waals surface area contributed by atoms with E-state index in [1.54, 1.807) is 5.57 Å². The van der Waals surface area contributed by atoms with Crippen molar-refractivity contribution in [1.29, 1.82) is 0 Å². The van der Waals surface area contributed by atoms with Gasteiger partial charge in [-0.2, -0.15) is 0 Å². The van der Waals surface area contributed by atoms with Crippen molar-refractivity contribution < 1.29 is 9.90 Å². The van der Waals surface area contributed by atoms with E-state index in [-0.39, 0.29) is 11.5 Å². The van der Waals surface area contributed by atoms with Crippen LogP contribution in [-0.2, 0) is 4.79 Å². The van der Waals surface area contributed by atoms with Gasteiger partial charge >= 0.3 is 0 Å². The first kappa shape index (κ1) is 15.9. The topological polar surface area (TPSA) is 37.3 Å². The Morgan fingerprint density at radius 1 is 1.26 bits per heavy atom. The summed E-state index contributed by atoms with van der Waals surface area (Å²) in [7, 11) is 0. The van der Waals surface area contributed by atoms with Gasteiger partial charge in [0.15, 0.2) is 0 Å². The minimum atomic E-state index is -0.119. The molecular formula is C21H32O2. The van der Waals surface area contributed by atoms with Crippen LogP contribution in [0.3, 0.4) is 0 Å². The summed E-state index contributed by atoms with van der Waals surface area (Å²) in [6, 6.07) is 0. The van der Waals surface area contributed by atoms with Crippen molar-refractivity contribution in [3.8, 4) is 0 Å². The standard InChI is InChI=1S/C21H32O2/c1-12-10-15(23)11-14-4-5-16-17(20(12)14)8-9-21(3)18(13(2)22)6-7-19(16)21/h4,12,15-20,23H,5-11H2,1-3H3/t12-,15+,16-,17+,18-,19+,20?,21-/m1/s1. The van der Waals surface area contributed by atoms with Crippen LogP contribution in [0, 0.1) is 40.9 Å². The minimum absolute atomic E-state index is 0.119. The summed E-state index contributed by atoms with van der Waals surface area (Å²) in [5.74, 6) is 4.39. The zero-order valence-corrected chi connectivity index (χ0v) is 14.9. The maximum absolute atomic E-state index is 12.1. The largest absolute Gasteiger partial charge is 0.393 e. The molecule has 2 nitrogen and oxygen atoms in total. The number of fused-ring (bicyclic) bond motifs is 5. The molecule has 0 amide bonds. The van der Waals surface area contributed by atoms with Crippen LogP contribution in [0.4, 0.5) is 0 Å². The molecule has 0 aromatic carbocycles. The van der Waals surface area contributed by atoms with Crippen LogP contribution in [0.5, 0.6) is 0 Å². The number of aliphatic hydroxyl groups is 1. The van der Waals surface area contributed by atoms with Crippen molar-refractivity contribution in [3.63, 3.8) is 0 Å². The highest BCUT2D eigenvalue weighted by Gasteiger charge is 2.57. The van der Waals surface area contributed by atoms with Gasteiger partial charge in [-0.15, -0.1) is 0 Å².